The number of aromatic nitrogens is 1. The van der Waals surface area contributed by atoms with Gasteiger partial charge < -0.3 is 21.5 Å². The molecule has 0 aromatic carbocycles. The van der Waals surface area contributed by atoms with E-state index in [2.05, 4.69) is 31.5 Å². The number of rotatable bonds is 5. The minimum absolute atomic E-state index is 0.0319. The molecular formula is C10H17BrN4O. The normalized spacial score (nSPS) is 12.2. The Balaban J connectivity index is 2.99. The highest BCUT2D eigenvalue weighted by Gasteiger charge is 2.10. The highest BCUT2D eigenvalue weighted by atomic mass is 79.9. The minimum atomic E-state index is -0.0847. The molecule has 1 aromatic rings. The molecular weight excluding hydrogens is 272 g/mol. The number of pyridine rings is 1. The third kappa shape index (κ3) is 3.24. The molecule has 1 atom stereocenters. The number of aliphatic hydroxyl groups excluding tert-OH is 1. The van der Waals surface area contributed by atoms with Crippen LogP contribution < -0.4 is 16.4 Å². The quantitative estimate of drug-likeness (QED) is 0.620. The van der Waals surface area contributed by atoms with Crippen molar-refractivity contribution >= 4 is 33.1 Å². The van der Waals surface area contributed by atoms with Crippen LogP contribution in [0.25, 0.3) is 0 Å². The molecule has 1 aromatic heterocycles. The van der Waals surface area contributed by atoms with Crippen LogP contribution in [0.5, 0.6) is 0 Å². The van der Waals surface area contributed by atoms with Crippen molar-refractivity contribution in [3.05, 3.63) is 10.7 Å². The van der Waals surface area contributed by atoms with Crippen LogP contribution in [0.15, 0.2) is 10.7 Å². The molecule has 90 valence electrons. The molecule has 6 heteroatoms. The zero-order valence-electron chi connectivity index (χ0n) is 9.42. The molecule has 0 bridgehead atoms. The summed E-state index contributed by atoms with van der Waals surface area (Å²) in [5.74, 6) is 0.576. The van der Waals surface area contributed by atoms with E-state index in [0.29, 0.717) is 16.1 Å². The molecule has 0 radical (unpaired) electrons. The molecule has 1 heterocycles. The average Bonchev–Trinajstić information content (AvgIpc) is 2.25. The summed E-state index contributed by atoms with van der Waals surface area (Å²) in [7, 11) is 0. The Morgan fingerprint density at radius 3 is 2.88 bits per heavy atom. The van der Waals surface area contributed by atoms with Crippen LogP contribution in [-0.2, 0) is 0 Å². The molecule has 0 unspecified atom stereocenters. The van der Waals surface area contributed by atoms with Gasteiger partial charge in [-0.1, -0.05) is 0 Å². The van der Waals surface area contributed by atoms with Gasteiger partial charge in [0.2, 0.25) is 0 Å². The van der Waals surface area contributed by atoms with Gasteiger partial charge in [-0.2, -0.15) is 0 Å². The highest BCUT2D eigenvalue weighted by Crippen LogP contribution is 2.29. The number of halogens is 1. The fraction of sp³-hybridized carbons (Fsp3) is 0.500. The van der Waals surface area contributed by atoms with E-state index in [1.54, 1.807) is 0 Å². The van der Waals surface area contributed by atoms with Crippen LogP contribution in [-0.4, -0.2) is 29.3 Å². The van der Waals surface area contributed by atoms with Crippen molar-refractivity contribution in [3.8, 4) is 0 Å². The summed E-state index contributed by atoms with van der Waals surface area (Å²) in [6.45, 7) is 4.67. The Bertz CT molecular complexity index is 359. The van der Waals surface area contributed by atoms with E-state index in [9.17, 15) is 0 Å². The van der Waals surface area contributed by atoms with E-state index >= 15 is 0 Å². The van der Waals surface area contributed by atoms with Gasteiger partial charge in [-0.05, 0) is 35.8 Å². The highest BCUT2D eigenvalue weighted by molar-refractivity contribution is 9.10. The van der Waals surface area contributed by atoms with Crippen molar-refractivity contribution in [2.75, 3.05) is 29.5 Å². The predicted molar refractivity (Wildman–Crippen MR) is 70.7 cm³/mol. The summed E-state index contributed by atoms with van der Waals surface area (Å²) < 4.78 is 0.699. The lowest BCUT2D eigenvalue weighted by atomic mass is 10.3. The number of nitrogens with one attached hydrogen (secondary N) is 2. The zero-order chi connectivity index (χ0) is 12.1. The van der Waals surface area contributed by atoms with Gasteiger partial charge in [0.15, 0.2) is 5.82 Å². The number of aliphatic hydroxyl groups is 1. The molecule has 0 aliphatic carbocycles. The lowest BCUT2D eigenvalue weighted by Gasteiger charge is -2.16. The molecule has 0 fully saturated rings. The van der Waals surface area contributed by atoms with E-state index in [4.69, 9.17) is 10.8 Å². The Kier molecular flexibility index (Phi) is 4.82. The third-order valence-corrected chi connectivity index (χ3v) is 2.46. The fourth-order valence-electron chi connectivity index (χ4n) is 1.25. The molecule has 1 rings (SSSR count). The lowest BCUT2D eigenvalue weighted by Crippen LogP contribution is -2.21. The van der Waals surface area contributed by atoms with E-state index < -0.39 is 0 Å². The summed E-state index contributed by atoms with van der Waals surface area (Å²) in [5, 5.41) is 15.2. The van der Waals surface area contributed by atoms with Gasteiger partial charge in [-0.3, -0.25) is 0 Å². The lowest BCUT2D eigenvalue weighted by molar-refractivity contribution is 0.281. The van der Waals surface area contributed by atoms with Crippen LogP contribution in [0.4, 0.5) is 17.2 Å². The number of nitrogens with two attached hydrogens (primary N) is 1. The maximum atomic E-state index is 8.97. The maximum absolute atomic E-state index is 8.97. The van der Waals surface area contributed by atoms with Gasteiger partial charge >= 0.3 is 0 Å². The predicted octanol–water partition coefficient (Wildman–Crippen LogP) is 1.65. The van der Waals surface area contributed by atoms with E-state index in [1.807, 2.05) is 19.9 Å². The Labute approximate surface area is 104 Å². The van der Waals surface area contributed by atoms with Gasteiger partial charge in [-0.25, -0.2) is 4.98 Å². The number of anilines is 3. The molecule has 0 saturated carbocycles. The van der Waals surface area contributed by atoms with Gasteiger partial charge in [0.25, 0.3) is 0 Å². The number of hydrogen-bond donors (Lipinski definition) is 4. The van der Waals surface area contributed by atoms with Gasteiger partial charge in [0, 0.05) is 12.6 Å². The molecule has 5 nitrogen and oxygen atoms in total. The molecule has 0 amide bonds. The Hall–Kier alpha value is -1.01. The van der Waals surface area contributed by atoms with Gasteiger partial charge in [-0.15, -0.1) is 0 Å². The second-order valence-corrected chi connectivity index (χ2v) is 4.33. The Morgan fingerprint density at radius 2 is 2.31 bits per heavy atom. The third-order valence-electron chi connectivity index (χ3n) is 2.05. The number of nitrogens with zero attached hydrogens (tertiary/aromatic N) is 1. The van der Waals surface area contributed by atoms with Crippen LogP contribution in [0.1, 0.15) is 13.8 Å². The van der Waals surface area contributed by atoms with Crippen LogP contribution in [0.3, 0.4) is 0 Å². The van der Waals surface area contributed by atoms with Crippen molar-refractivity contribution in [2.24, 2.45) is 0 Å². The average molecular weight is 289 g/mol. The van der Waals surface area contributed by atoms with Crippen LogP contribution >= 0.6 is 15.9 Å². The van der Waals surface area contributed by atoms with Gasteiger partial charge in [0.05, 0.1) is 18.0 Å². The first-order chi connectivity index (χ1) is 7.58. The topological polar surface area (TPSA) is 83.2 Å². The summed E-state index contributed by atoms with van der Waals surface area (Å²) in [6, 6.07) is 1.74. The first kappa shape index (κ1) is 13.1. The summed E-state index contributed by atoms with van der Waals surface area (Å²) in [5.41, 5.74) is 7.34. The molecule has 0 aliphatic rings. The van der Waals surface area contributed by atoms with Crippen molar-refractivity contribution in [1.82, 2.24) is 4.98 Å². The van der Waals surface area contributed by atoms with E-state index in [1.165, 1.54) is 0 Å². The number of hydrogen-bond acceptors (Lipinski definition) is 5. The molecule has 0 spiro atoms. The van der Waals surface area contributed by atoms with E-state index in [-0.39, 0.29) is 12.6 Å². The molecule has 16 heavy (non-hydrogen) atoms. The van der Waals surface area contributed by atoms with Crippen molar-refractivity contribution in [3.63, 3.8) is 0 Å². The standard InChI is InChI=1S/C10H17BrN4O/c1-3-13-7-4-8(11)15-10(9(7)12)14-6(2)5-16/h4,6,16H,3,5,12H2,1-2H3,(H2,13,14,15)/t6-/m1/s1. The van der Waals surface area contributed by atoms with Crippen LogP contribution in [0.2, 0.25) is 0 Å². The van der Waals surface area contributed by atoms with Crippen molar-refractivity contribution in [1.29, 1.82) is 0 Å². The first-order valence-corrected chi connectivity index (χ1v) is 5.95. The second kappa shape index (κ2) is 5.91. The van der Waals surface area contributed by atoms with E-state index in [0.717, 1.165) is 12.2 Å². The molecule has 0 aliphatic heterocycles. The van der Waals surface area contributed by atoms with Crippen molar-refractivity contribution < 1.29 is 5.11 Å². The number of nitrogen functional groups attached to an aromatic ring is 1. The fourth-order valence-corrected chi connectivity index (χ4v) is 1.66. The molecule has 5 N–H and O–H groups in total. The maximum Gasteiger partial charge on any atom is 0.152 e. The Morgan fingerprint density at radius 1 is 1.62 bits per heavy atom. The molecule has 0 saturated heterocycles. The first-order valence-electron chi connectivity index (χ1n) is 5.15. The summed E-state index contributed by atoms with van der Waals surface area (Å²) in [4.78, 5) is 4.23. The smallest absolute Gasteiger partial charge is 0.152 e. The summed E-state index contributed by atoms with van der Waals surface area (Å²) >= 11 is 3.32. The second-order valence-electron chi connectivity index (χ2n) is 3.51. The van der Waals surface area contributed by atoms with Gasteiger partial charge in [0.1, 0.15) is 4.60 Å². The summed E-state index contributed by atoms with van der Waals surface area (Å²) in [6.07, 6.45) is 0. The monoisotopic (exact) mass is 288 g/mol. The van der Waals surface area contributed by atoms with Crippen molar-refractivity contribution in [2.45, 2.75) is 19.9 Å². The minimum Gasteiger partial charge on any atom is -0.394 e. The largest absolute Gasteiger partial charge is 0.394 e. The van der Waals surface area contributed by atoms with Crippen LogP contribution in [0, 0.1) is 0 Å². The SMILES string of the molecule is CCNc1cc(Br)nc(N[C@H](C)CO)c1N. The zero-order valence-corrected chi connectivity index (χ0v) is 11.0.